The number of rotatable bonds is 4. The molecule has 1 aromatic rings. The third kappa shape index (κ3) is 5.10. The molecule has 0 aromatic heterocycles. The number of carbonyl (C=O) groups excluding carboxylic acids is 2. The van der Waals surface area contributed by atoms with Gasteiger partial charge in [0.2, 0.25) is 0 Å². The Labute approximate surface area is 125 Å². The van der Waals surface area contributed by atoms with Crippen LogP contribution < -0.4 is 9.47 Å². The van der Waals surface area contributed by atoms with Crippen LogP contribution in [0.5, 0.6) is 11.5 Å². The lowest BCUT2D eigenvalue weighted by atomic mass is 10.1. The van der Waals surface area contributed by atoms with Crippen LogP contribution >= 0.6 is 0 Å². The van der Waals surface area contributed by atoms with Crippen LogP contribution in [0.3, 0.4) is 0 Å². The Kier molecular flexibility index (Phi) is 5.35. The lowest BCUT2D eigenvalue weighted by Crippen LogP contribution is -2.24. The first-order chi connectivity index (χ1) is 9.64. The van der Waals surface area contributed by atoms with Crippen LogP contribution in [0.2, 0.25) is 0 Å². The van der Waals surface area contributed by atoms with Gasteiger partial charge in [0.25, 0.3) is 0 Å². The first kappa shape index (κ1) is 17.0. The number of esters is 2. The van der Waals surface area contributed by atoms with Crippen LogP contribution in [0, 0.1) is 5.92 Å². The monoisotopic (exact) mass is 294 g/mol. The van der Waals surface area contributed by atoms with Gasteiger partial charge in [-0.1, -0.05) is 13.8 Å². The zero-order chi connectivity index (χ0) is 16.2. The van der Waals surface area contributed by atoms with E-state index in [-0.39, 0.29) is 17.6 Å². The van der Waals surface area contributed by atoms with Crippen molar-refractivity contribution in [2.45, 2.75) is 40.2 Å². The molecule has 116 valence electrons. The second-order valence-corrected chi connectivity index (χ2v) is 5.94. The molecule has 0 saturated carbocycles. The van der Waals surface area contributed by atoms with Gasteiger partial charge in [0.1, 0.15) is 5.60 Å². The Hall–Kier alpha value is -2.04. The fourth-order valence-electron chi connectivity index (χ4n) is 1.44. The normalized spacial score (nSPS) is 11.2. The van der Waals surface area contributed by atoms with E-state index in [4.69, 9.17) is 14.2 Å². The van der Waals surface area contributed by atoms with Crippen LogP contribution in [0.15, 0.2) is 18.2 Å². The molecule has 0 unspecified atom stereocenters. The van der Waals surface area contributed by atoms with E-state index in [1.54, 1.807) is 40.7 Å². The molecule has 0 saturated heterocycles. The molecule has 0 N–H and O–H groups in total. The van der Waals surface area contributed by atoms with Crippen molar-refractivity contribution >= 4 is 11.9 Å². The lowest BCUT2D eigenvalue weighted by Gasteiger charge is -2.20. The third-order valence-corrected chi connectivity index (χ3v) is 2.48. The predicted molar refractivity (Wildman–Crippen MR) is 78.6 cm³/mol. The highest BCUT2D eigenvalue weighted by molar-refractivity contribution is 5.90. The topological polar surface area (TPSA) is 61.8 Å². The average molecular weight is 294 g/mol. The summed E-state index contributed by atoms with van der Waals surface area (Å²) < 4.78 is 15.7. The van der Waals surface area contributed by atoms with Gasteiger partial charge < -0.3 is 14.2 Å². The number of carbonyl (C=O) groups is 2. The maximum Gasteiger partial charge on any atom is 0.338 e. The van der Waals surface area contributed by atoms with Gasteiger partial charge in [0, 0.05) is 0 Å². The van der Waals surface area contributed by atoms with Gasteiger partial charge in [0.15, 0.2) is 11.5 Å². The fraction of sp³-hybridized carbons (Fsp3) is 0.500. The van der Waals surface area contributed by atoms with Crippen molar-refractivity contribution in [2.24, 2.45) is 5.92 Å². The molecule has 0 bridgehead atoms. The summed E-state index contributed by atoms with van der Waals surface area (Å²) in [4.78, 5) is 23.6. The minimum Gasteiger partial charge on any atom is -0.493 e. The zero-order valence-corrected chi connectivity index (χ0v) is 13.4. The molecule has 5 nitrogen and oxygen atoms in total. The van der Waals surface area contributed by atoms with E-state index in [9.17, 15) is 9.59 Å². The van der Waals surface area contributed by atoms with Crippen molar-refractivity contribution in [3.05, 3.63) is 23.8 Å². The smallest absolute Gasteiger partial charge is 0.338 e. The van der Waals surface area contributed by atoms with E-state index in [1.165, 1.54) is 19.2 Å². The molecular formula is C16H22O5. The van der Waals surface area contributed by atoms with Crippen molar-refractivity contribution < 1.29 is 23.8 Å². The molecule has 0 aliphatic carbocycles. The zero-order valence-electron chi connectivity index (χ0n) is 13.4. The number of ether oxygens (including phenoxy) is 3. The number of hydrogen-bond acceptors (Lipinski definition) is 5. The van der Waals surface area contributed by atoms with Crippen molar-refractivity contribution in [3.8, 4) is 11.5 Å². The van der Waals surface area contributed by atoms with Crippen LogP contribution in [0.4, 0.5) is 0 Å². The van der Waals surface area contributed by atoms with Crippen LogP contribution in [-0.2, 0) is 9.53 Å². The van der Waals surface area contributed by atoms with E-state index in [1.807, 2.05) is 0 Å². The van der Waals surface area contributed by atoms with E-state index in [0.717, 1.165) is 0 Å². The van der Waals surface area contributed by atoms with Crippen LogP contribution in [-0.4, -0.2) is 24.6 Å². The molecular weight excluding hydrogens is 272 g/mol. The van der Waals surface area contributed by atoms with Crippen molar-refractivity contribution in [3.63, 3.8) is 0 Å². The van der Waals surface area contributed by atoms with Gasteiger partial charge in [-0.2, -0.15) is 0 Å². The highest BCUT2D eigenvalue weighted by Gasteiger charge is 2.20. The number of hydrogen-bond donors (Lipinski definition) is 0. The van der Waals surface area contributed by atoms with Gasteiger partial charge in [-0.15, -0.1) is 0 Å². The lowest BCUT2D eigenvalue weighted by molar-refractivity contribution is -0.137. The van der Waals surface area contributed by atoms with Gasteiger partial charge in [-0.3, -0.25) is 4.79 Å². The summed E-state index contributed by atoms with van der Waals surface area (Å²) in [5.74, 6) is -0.475. The van der Waals surface area contributed by atoms with Crippen molar-refractivity contribution in [1.29, 1.82) is 0 Å². The van der Waals surface area contributed by atoms with Crippen LogP contribution in [0.25, 0.3) is 0 Å². The standard InChI is InChI=1S/C16H22O5/c1-10(2)14(17)20-12-8-7-11(9-13(12)19-6)15(18)21-16(3,4)5/h7-10H,1-6H3. The van der Waals surface area contributed by atoms with Gasteiger partial charge >= 0.3 is 11.9 Å². The summed E-state index contributed by atoms with van der Waals surface area (Å²) >= 11 is 0. The fourth-order valence-corrected chi connectivity index (χ4v) is 1.44. The molecule has 0 fully saturated rings. The highest BCUT2D eigenvalue weighted by atomic mass is 16.6. The SMILES string of the molecule is COc1cc(C(=O)OC(C)(C)C)ccc1OC(=O)C(C)C. The van der Waals surface area contributed by atoms with E-state index < -0.39 is 11.6 Å². The number of methoxy groups -OCH3 is 1. The minimum absolute atomic E-state index is 0.250. The molecule has 21 heavy (non-hydrogen) atoms. The maximum atomic E-state index is 12.0. The summed E-state index contributed by atoms with van der Waals surface area (Å²) in [6.45, 7) is 8.86. The molecule has 1 rings (SSSR count). The summed E-state index contributed by atoms with van der Waals surface area (Å²) in [5.41, 5.74) is -0.237. The average Bonchev–Trinajstić information content (AvgIpc) is 2.36. The molecule has 0 aliphatic rings. The van der Waals surface area contributed by atoms with Crippen LogP contribution in [0.1, 0.15) is 45.0 Å². The van der Waals surface area contributed by atoms with E-state index in [2.05, 4.69) is 0 Å². The Morgan fingerprint density at radius 1 is 1.10 bits per heavy atom. The van der Waals surface area contributed by atoms with Crippen molar-refractivity contribution in [2.75, 3.05) is 7.11 Å². The molecule has 0 spiro atoms. The minimum atomic E-state index is -0.576. The second-order valence-electron chi connectivity index (χ2n) is 5.94. The Morgan fingerprint density at radius 2 is 1.71 bits per heavy atom. The quantitative estimate of drug-likeness (QED) is 0.630. The summed E-state index contributed by atoms with van der Waals surface area (Å²) in [6.07, 6.45) is 0. The van der Waals surface area contributed by atoms with Gasteiger partial charge in [-0.25, -0.2) is 4.79 Å². The van der Waals surface area contributed by atoms with Gasteiger partial charge in [-0.05, 0) is 39.0 Å². The molecule has 1 aromatic carbocycles. The number of benzene rings is 1. The molecule has 0 aliphatic heterocycles. The summed E-state index contributed by atoms with van der Waals surface area (Å²) in [7, 11) is 1.45. The first-order valence-corrected chi connectivity index (χ1v) is 6.77. The van der Waals surface area contributed by atoms with Crippen molar-refractivity contribution in [1.82, 2.24) is 0 Å². The van der Waals surface area contributed by atoms with Gasteiger partial charge in [0.05, 0.1) is 18.6 Å². The molecule has 0 heterocycles. The van der Waals surface area contributed by atoms with E-state index in [0.29, 0.717) is 11.3 Å². The Bertz CT molecular complexity index is 526. The molecule has 0 amide bonds. The molecule has 0 radical (unpaired) electrons. The highest BCUT2D eigenvalue weighted by Crippen LogP contribution is 2.29. The largest absolute Gasteiger partial charge is 0.493 e. The molecule has 5 heteroatoms. The summed E-state index contributed by atoms with van der Waals surface area (Å²) in [5, 5.41) is 0. The van der Waals surface area contributed by atoms with E-state index >= 15 is 0 Å². The Balaban J connectivity index is 2.98. The first-order valence-electron chi connectivity index (χ1n) is 6.77. The summed E-state index contributed by atoms with van der Waals surface area (Å²) in [6, 6.07) is 4.56. The Morgan fingerprint density at radius 3 is 2.19 bits per heavy atom. The predicted octanol–water partition coefficient (Wildman–Crippen LogP) is 3.21. The maximum absolute atomic E-state index is 12.0. The third-order valence-electron chi connectivity index (χ3n) is 2.48. The molecule has 0 atom stereocenters. The second kappa shape index (κ2) is 6.61.